The van der Waals surface area contributed by atoms with Crippen LogP contribution in [0.2, 0.25) is 0 Å². The molecule has 21 heavy (non-hydrogen) atoms. The summed E-state index contributed by atoms with van der Waals surface area (Å²) in [6.07, 6.45) is 1.48. The first-order valence-corrected chi connectivity index (χ1v) is 7.41. The zero-order valence-corrected chi connectivity index (χ0v) is 12.4. The summed E-state index contributed by atoms with van der Waals surface area (Å²) in [6.45, 7) is 3.73. The summed E-state index contributed by atoms with van der Waals surface area (Å²) in [4.78, 5) is 25.8. The number of carbonyl (C=O) groups is 2. The van der Waals surface area contributed by atoms with Gasteiger partial charge in [0, 0.05) is 19.6 Å². The molecule has 0 radical (unpaired) electrons. The number of ether oxygens (including phenoxy) is 1. The van der Waals surface area contributed by atoms with Gasteiger partial charge in [0.05, 0.1) is 13.2 Å². The molecule has 114 valence electrons. The van der Waals surface area contributed by atoms with Crippen LogP contribution >= 0.6 is 0 Å². The lowest BCUT2D eigenvalue weighted by Gasteiger charge is -2.35. The quantitative estimate of drug-likeness (QED) is 0.762. The average molecular weight is 290 g/mol. The second kappa shape index (κ2) is 7.78. The third kappa shape index (κ3) is 4.29. The van der Waals surface area contributed by atoms with Gasteiger partial charge in [-0.3, -0.25) is 9.59 Å². The van der Waals surface area contributed by atoms with Crippen molar-refractivity contribution in [2.75, 3.05) is 26.3 Å². The van der Waals surface area contributed by atoms with Crippen molar-refractivity contribution < 1.29 is 14.3 Å². The van der Waals surface area contributed by atoms with Gasteiger partial charge in [-0.1, -0.05) is 37.3 Å². The highest BCUT2D eigenvalue weighted by Gasteiger charge is 2.33. The summed E-state index contributed by atoms with van der Waals surface area (Å²) in [5, 5.41) is 2.66. The molecule has 5 nitrogen and oxygen atoms in total. The Hall–Kier alpha value is -1.88. The van der Waals surface area contributed by atoms with E-state index in [0.29, 0.717) is 26.2 Å². The molecule has 0 spiro atoms. The van der Waals surface area contributed by atoms with Gasteiger partial charge in [0.1, 0.15) is 6.04 Å². The molecule has 0 aliphatic carbocycles. The van der Waals surface area contributed by atoms with Crippen LogP contribution in [0.25, 0.3) is 0 Å². The van der Waals surface area contributed by atoms with Crippen molar-refractivity contribution in [3.63, 3.8) is 0 Å². The number of carbonyl (C=O) groups excluding carboxylic acids is 2. The number of piperazine rings is 1. The van der Waals surface area contributed by atoms with Gasteiger partial charge in [-0.2, -0.15) is 0 Å². The topological polar surface area (TPSA) is 58.6 Å². The fourth-order valence-corrected chi connectivity index (χ4v) is 2.43. The largest absolute Gasteiger partial charge is 0.380 e. The van der Waals surface area contributed by atoms with E-state index >= 15 is 0 Å². The molecule has 1 aliphatic heterocycles. The Labute approximate surface area is 125 Å². The number of nitrogens with one attached hydrogen (secondary N) is 1. The van der Waals surface area contributed by atoms with Crippen LogP contribution in [-0.2, 0) is 20.7 Å². The van der Waals surface area contributed by atoms with Gasteiger partial charge in [-0.05, 0) is 12.0 Å². The van der Waals surface area contributed by atoms with E-state index in [9.17, 15) is 9.59 Å². The van der Waals surface area contributed by atoms with Crippen LogP contribution in [0.3, 0.4) is 0 Å². The molecule has 1 heterocycles. The number of hydrogen-bond donors (Lipinski definition) is 1. The third-order valence-corrected chi connectivity index (χ3v) is 3.51. The van der Waals surface area contributed by atoms with Gasteiger partial charge in [-0.25, -0.2) is 0 Å². The second-order valence-electron chi connectivity index (χ2n) is 5.12. The normalized spacial score (nSPS) is 18.7. The summed E-state index contributed by atoms with van der Waals surface area (Å²) in [6, 6.07) is 9.31. The van der Waals surface area contributed by atoms with Crippen LogP contribution < -0.4 is 5.32 Å². The lowest BCUT2D eigenvalue weighted by Crippen LogP contribution is -2.59. The molecule has 2 amide bonds. The molecule has 1 aromatic rings. The highest BCUT2D eigenvalue weighted by Crippen LogP contribution is 2.12. The third-order valence-electron chi connectivity index (χ3n) is 3.51. The minimum Gasteiger partial charge on any atom is -0.380 e. The Morgan fingerprint density at radius 1 is 1.24 bits per heavy atom. The van der Waals surface area contributed by atoms with E-state index in [4.69, 9.17) is 4.74 Å². The summed E-state index contributed by atoms with van der Waals surface area (Å²) >= 11 is 0. The first-order valence-electron chi connectivity index (χ1n) is 7.41. The SMILES string of the molecule is CCCOCCN1C(=O)CNC(=O)C1Cc1ccccc1. The van der Waals surface area contributed by atoms with Crippen LogP contribution in [-0.4, -0.2) is 49.1 Å². The molecule has 1 aliphatic rings. The fraction of sp³-hybridized carbons (Fsp3) is 0.500. The first-order chi connectivity index (χ1) is 10.2. The molecule has 0 saturated carbocycles. The Morgan fingerprint density at radius 2 is 2.00 bits per heavy atom. The second-order valence-corrected chi connectivity index (χ2v) is 5.12. The van der Waals surface area contributed by atoms with Crippen molar-refractivity contribution in [2.24, 2.45) is 0 Å². The van der Waals surface area contributed by atoms with Gasteiger partial charge < -0.3 is 15.0 Å². The summed E-state index contributed by atoms with van der Waals surface area (Å²) in [7, 11) is 0. The van der Waals surface area contributed by atoms with Crippen LogP contribution in [0.4, 0.5) is 0 Å². The number of benzene rings is 1. The molecule has 0 aromatic heterocycles. The molecule has 1 unspecified atom stereocenters. The van der Waals surface area contributed by atoms with Crippen LogP contribution in [0.1, 0.15) is 18.9 Å². The van der Waals surface area contributed by atoms with E-state index in [2.05, 4.69) is 5.32 Å². The zero-order valence-electron chi connectivity index (χ0n) is 12.4. The van der Waals surface area contributed by atoms with Crippen LogP contribution in [0.15, 0.2) is 30.3 Å². The standard InChI is InChI=1S/C16H22N2O3/c1-2-9-21-10-8-18-14(16(20)17-12-15(18)19)11-13-6-4-3-5-7-13/h3-7,14H,2,8-12H2,1H3,(H,17,20). The molecule has 2 rings (SSSR count). The van der Waals surface area contributed by atoms with E-state index < -0.39 is 6.04 Å². The molecule has 5 heteroatoms. The van der Waals surface area contributed by atoms with E-state index in [1.54, 1.807) is 4.90 Å². The molecule has 1 N–H and O–H groups in total. The highest BCUT2D eigenvalue weighted by molar-refractivity contribution is 5.95. The maximum Gasteiger partial charge on any atom is 0.243 e. The number of amides is 2. The van der Waals surface area contributed by atoms with E-state index in [1.807, 2.05) is 37.3 Å². The van der Waals surface area contributed by atoms with Crippen molar-refractivity contribution in [3.05, 3.63) is 35.9 Å². The van der Waals surface area contributed by atoms with Gasteiger partial charge in [0.25, 0.3) is 0 Å². The van der Waals surface area contributed by atoms with Crippen molar-refractivity contribution in [1.82, 2.24) is 10.2 Å². The predicted octanol–water partition coefficient (Wildman–Crippen LogP) is 0.983. The number of rotatable bonds is 7. The number of nitrogens with zero attached hydrogens (tertiary/aromatic N) is 1. The van der Waals surface area contributed by atoms with Gasteiger partial charge >= 0.3 is 0 Å². The average Bonchev–Trinajstić information content (AvgIpc) is 2.51. The molecule has 1 atom stereocenters. The smallest absolute Gasteiger partial charge is 0.243 e. The summed E-state index contributed by atoms with van der Waals surface area (Å²) in [5.74, 6) is -0.135. The lowest BCUT2D eigenvalue weighted by molar-refractivity contribution is -0.146. The Morgan fingerprint density at radius 3 is 2.71 bits per heavy atom. The van der Waals surface area contributed by atoms with Crippen molar-refractivity contribution in [3.8, 4) is 0 Å². The minimum atomic E-state index is -0.445. The Bertz CT molecular complexity index is 476. The van der Waals surface area contributed by atoms with Crippen LogP contribution in [0.5, 0.6) is 0 Å². The highest BCUT2D eigenvalue weighted by atomic mass is 16.5. The molecule has 0 bridgehead atoms. The molecular formula is C16H22N2O3. The van der Waals surface area contributed by atoms with E-state index in [1.165, 1.54) is 0 Å². The van der Waals surface area contributed by atoms with Gasteiger partial charge in [0.2, 0.25) is 11.8 Å². The van der Waals surface area contributed by atoms with E-state index in [0.717, 1.165) is 12.0 Å². The van der Waals surface area contributed by atoms with Gasteiger partial charge in [0.15, 0.2) is 0 Å². The van der Waals surface area contributed by atoms with E-state index in [-0.39, 0.29) is 18.4 Å². The zero-order chi connectivity index (χ0) is 15.1. The fourth-order valence-electron chi connectivity index (χ4n) is 2.43. The summed E-state index contributed by atoms with van der Waals surface area (Å²) in [5.41, 5.74) is 1.05. The monoisotopic (exact) mass is 290 g/mol. The molecular weight excluding hydrogens is 268 g/mol. The molecule has 1 saturated heterocycles. The van der Waals surface area contributed by atoms with Crippen molar-refractivity contribution >= 4 is 11.8 Å². The van der Waals surface area contributed by atoms with Crippen LogP contribution in [0, 0.1) is 0 Å². The summed E-state index contributed by atoms with van der Waals surface area (Å²) < 4.78 is 5.44. The molecule has 1 aromatic carbocycles. The maximum atomic E-state index is 12.1. The lowest BCUT2D eigenvalue weighted by atomic mass is 10.0. The Kier molecular flexibility index (Phi) is 5.75. The molecule has 1 fully saturated rings. The van der Waals surface area contributed by atoms with Crippen molar-refractivity contribution in [1.29, 1.82) is 0 Å². The maximum absolute atomic E-state index is 12.1. The first kappa shape index (κ1) is 15.5. The predicted molar refractivity (Wildman–Crippen MR) is 79.8 cm³/mol. The van der Waals surface area contributed by atoms with Crippen molar-refractivity contribution in [2.45, 2.75) is 25.8 Å². The number of hydrogen-bond acceptors (Lipinski definition) is 3. The minimum absolute atomic E-state index is 0.0457. The Balaban J connectivity index is 2.01. The van der Waals surface area contributed by atoms with Gasteiger partial charge in [-0.15, -0.1) is 0 Å².